The quantitative estimate of drug-likeness (QED) is 0.622. The third kappa shape index (κ3) is 2.44. The molecule has 0 aromatic carbocycles. The van der Waals surface area contributed by atoms with E-state index in [1.54, 1.807) is 0 Å². The lowest BCUT2D eigenvalue weighted by atomic mass is 9.96. The van der Waals surface area contributed by atoms with Gasteiger partial charge < -0.3 is 15.2 Å². The highest BCUT2D eigenvalue weighted by Gasteiger charge is 2.33. The SMILES string of the molecule is CCOC1(O)CCNC(CC)C1. The summed E-state index contributed by atoms with van der Waals surface area (Å²) in [4.78, 5) is 0. The molecule has 2 atom stereocenters. The van der Waals surface area contributed by atoms with Gasteiger partial charge >= 0.3 is 0 Å². The molecule has 1 heterocycles. The minimum absolute atomic E-state index is 0.412. The zero-order chi connectivity index (χ0) is 9.03. The van der Waals surface area contributed by atoms with Gasteiger partial charge in [0.15, 0.2) is 5.79 Å². The maximum atomic E-state index is 9.91. The van der Waals surface area contributed by atoms with Crippen molar-refractivity contribution >= 4 is 0 Å². The van der Waals surface area contributed by atoms with Crippen molar-refractivity contribution in [3.63, 3.8) is 0 Å². The van der Waals surface area contributed by atoms with Crippen LogP contribution in [0.15, 0.2) is 0 Å². The van der Waals surface area contributed by atoms with E-state index in [-0.39, 0.29) is 0 Å². The highest BCUT2D eigenvalue weighted by atomic mass is 16.6. The smallest absolute Gasteiger partial charge is 0.168 e. The van der Waals surface area contributed by atoms with Gasteiger partial charge in [0.2, 0.25) is 0 Å². The fraction of sp³-hybridized carbons (Fsp3) is 1.00. The van der Waals surface area contributed by atoms with E-state index in [4.69, 9.17) is 4.74 Å². The molecule has 0 amide bonds. The van der Waals surface area contributed by atoms with Gasteiger partial charge in [0.1, 0.15) is 0 Å². The van der Waals surface area contributed by atoms with Crippen molar-refractivity contribution in [1.29, 1.82) is 0 Å². The fourth-order valence-electron chi connectivity index (χ4n) is 1.72. The van der Waals surface area contributed by atoms with Crippen molar-refractivity contribution in [2.24, 2.45) is 0 Å². The van der Waals surface area contributed by atoms with Crippen LogP contribution >= 0.6 is 0 Å². The summed E-state index contributed by atoms with van der Waals surface area (Å²) in [6.07, 6.45) is 2.48. The second-order valence-corrected chi connectivity index (χ2v) is 3.39. The Morgan fingerprint density at radius 1 is 1.58 bits per heavy atom. The molecule has 72 valence electrons. The van der Waals surface area contributed by atoms with Gasteiger partial charge in [0.05, 0.1) is 0 Å². The molecule has 3 heteroatoms. The van der Waals surface area contributed by atoms with Crippen LogP contribution in [-0.2, 0) is 4.74 Å². The van der Waals surface area contributed by atoms with E-state index < -0.39 is 5.79 Å². The Morgan fingerprint density at radius 2 is 2.33 bits per heavy atom. The third-order valence-corrected chi connectivity index (χ3v) is 2.42. The normalized spacial score (nSPS) is 36.8. The summed E-state index contributed by atoms with van der Waals surface area (Å²) in [6.45, 7) is 5.48. The van der Waals surface area contributed by atoms with Crippen molar-refractivity contribution in [3.8, 4) is 0 Å². The Hall–Kier alpha value is -0.120. The van der Waals surface area contributed by atoms with Crippen LogP contribution in [0.4, 0.5) is 0 Å². The van der Waals surface area contributed by atoms with Gasteiger partial charge in [-0.1, -0.05) is 6.92 Å². The van der Waals surface area contributed by atoms with E-state index in [1.165, 1.54) is 0 Å². The number of ether oxygens (including phenoxy) is 1. The molecule has 0 spiro atoms. The highest BCUT2D eigenvalue weighted by Crippen LogP contribution is 2.23. The lowest BCUT2D eigenvalue weighted by molar-refractivity contribution is -0.219. The molecular formula is C9H19NO2. The van der Waals surface area contributed by atoms with E-state index in [0.29, 0.717) is 19.1 Å². The molecule has 1 saturated heterocycles. The van der Waals surface area contributed by atoms with Crippen LogP contribution in [0.3, 0.4) is 0 Å². The summed E-state index contributed by atoms with van der Waals surface area (Å²) in [5.74, 6) is -0.860. The Kier molecular flexibility index (Phi) is 3.50. The van der Waals surface area contributed by atoms with Gasteiger partial charge in [-0.2, -0.15) is 0 Å². The van der Waals surface area contributed by atoms with Crippen molar-refractivity contribution in [3.05, 3.63) is 0 Å². The van der Waals surface area contributed by atoms with Crippen LogP contribution in [-0.4, -0.2) is 30.1 Å². The minimum Gasteiger partial charge on any atom is -0.365 e. The molecule has 0 radical (unpaired) electrons. The standard InChI is InChI=1S/C9H19NO2/c1-3-8-7-9(11,12-4-2)5-6-10-8/h8,10-11H,3-7H2,1-2H3. The fourth-order valence-corrected chi connectivity index (χ4v) is 1.72. The van der Waals surface area contributed by atoms with Crippen LogP contribution in [0.25, 0.3) is 0 Å². The number of rotatable bonds is 3. The molecule has 0 saturated carbocycles. The average Bonchev–Trinajstić information content (AvgIpc) is 2.04. The van der Waals surface area contributed by atoms with Crippen molar-refractivity contribution < 1.29 is 9.84 Å². The summed E-state index contributed by atoms with van der Waals surface area (Å²) >= 11 is 0. The van der Waals surface area contributed by atoms with E-state index in [2.05, 4.69) is 12.2 Å². The molecule has 2 unspecified atom stereocenters. The summed E-state index contributed by atoms with van der Waals surface area (Å²) < 4.78 is 5.32. The van der Waals surface area contributed by atoms with E-state index in [0.717, 1.165) is 19.4 Å². The first-order valence-electron chi connectivity index (χ1n) is 4.80. The second-order valence-electron chi connectivity index (χ2n) is 3.39. The molecule has 1 aliphatic rings. The topological polar surface area (TPSA) is 41.5 Å². The number of hydrogen-bond acceptors (Lipinski definition) is 3. The van der Waals surface area contributed by atoms with Gasteiger partial charge in [-0.3, -0.25) is 0 Å². The molecule has 1 rings (SSSR count). The predicted octanol–water partition coefficient (Wildman–Crippen LogP) is 0.873. The highest BCUT2D eigenvalue weighted by molar-refractivity contribution is 4.82. The molecule has 2 N–H and O–H groups in total. The zero-order valence-electron chi connectivity index (χ0n) is 7.97. The first kappa shape index (κ1) is 9.96. The number of piperidine rings is 1. The molecular weight excluding hydrogens is 154 g/mol. The Labute approximate surface area is 74.1 Å². The van der Waals surface area contributed by atoms with E-state index in [1.807, 2.05) is 6.92 Å². The molecule has 12 heavy (non-hydrogen) atoms. The number of hydrogen-bond donors (Lipinski definition) is 2. The van der Waals surface area contributed by atoms with Crippen LogP contribution in [0.1, 0.15) is 33.1 Å². The Balaban J connectivity index is 2.43. The predicted molar refractivity (Wildman–Crippen MR) is 47.9 cm³/mol. The van der Waals surface area contributed by atoms with Gasteiger partial charge in [-0.15, -0.1) is 0 Å². The van der Waals surface area contributed by atoms with Gasteiger partial charge in [-0.25, -0.2) is 0 Å². The van der Waals surface area contributed by atoms with Crippen LogP contribution in [0, 0.1) is 0 Å². The first-order valence-corrected chi connectivity index (χ1v) is 4.80. The summed E-state index contributed by atoms with van der Waals surface area (Å²) in [7, 11) is 0. The zero-order valence-corrected chi connectivity index (χ0v) is 7.97. The number of nitrogens with one attached hydrogen (secondary N) is 1. The van der Waals surface area contributed by atoms with Gasteiger partial charge in [-0.05, 0) is 13.3 Å². The summed E-state index contributed by atoms with van der Waals surface area (Å²) in [5, 5.41) is 13.3. The summed E-state index contributed by atoms with van der Waals surface area (Å²) in [6, 6.07) is 0.412. The van der Waals surface area contributed by atoms with Crippen molar-refractivity contribution in [2.75, 3.05) is 13.2 Å². The van der Waals surface area contributed by atoms with E-state index in [9.17, 15) is 5.11 Å². The molecule has 1 aliphatic heterocycles. The van der Waals surface area contributed by atoms with Crippen molar-refractivity contribution in [1.82, 2.24) is 5.32 Å². The molecule has 0 bridgehead atoms. The lowest BCUT2D eigenvalue weighted by Crippen LogP contribution is -2.49. The minimum atomic E-state index is -0.860. The largest absolute Gasteiger partial charge is 0.365 e. The maximum Gasteiger partial charge on any atom is 0.168 e. The van der Waals surface area contributed by atoms with Crippen molar-refractivity contribution in [2.45, 2.75) is 44.9 Å². The van der Waals surface area contributed by atoms with Gasteiger partial charge in [0, 0.05) is 32.0 Å². The number of aliphatic hydroxyl groups is 1. The van der Waals surface area contributed by atoms with Crippen LogP contribution in [0.2, 0.25) is 0 Å². The molecule has 1 fully saturated rings. The summed E-state index contributed by atoms with van der Waals surface area (Å²) in [5.41, 5.74) is 0. The average molecular weight is 173 g/mol. The van der Waals surface area contributed by atoms with E-state index >= 15 is 0 Å². The molecule has 0 aromatic heterocycles. The maximum absolute atomic E-state index is 9.91. The molecule has 0 aromatic rings. The van der Waals surface area contributed by atoms with Gasteiger partial charge in [0.25, 0.3) is 0 Å². The second kappa shape index (κ2) is 4.21. The monoisotopic (exact) mass is 173 g/mol. The molecule has 3 nitrogen and oxygen atoms in total. The Morgan fingerprint density at radius 3 is 2.92 bits per heavy atom. The lowest BCUT2D eigenvalue weighted by Gasteiger charge is -2.36. The third-order valence-electron chi connectivity index (χ3n) is 2.42. The first-order chi connectivity index (χ1) is 5.70. The molecule has 0 aliphatic carbocycles. The van der Waals surface area contributed by atoms with Crippen LogP contribution in [0.5, 0.6) is 0 Å². The van der Waals surface area contributed by atoms with Crippen LogP contribution < -0.4 is 5.32 Å². The Bertz CT molecular complexity index is 136.